The van der Waals surface area contributed by atoms with Gasteiger partial charge in [0.2, 0.25) is 5.89 Å². The fourth-order valence-corrected chi connectivity index (χ4v) is 5.92. The Morgan fingerprint density at radius 1 is 1.43 bits per heavy atom. The van der Waals surface area contributed by atoms with E-state index in [0.29, 0.717) is 33.2 Å². The van der Waals surface area contributed by atoms with Gasteiger partial charge >= 0.3 is 0 Å². The SMILES string of the molecule is O=C(CSc1nnc(C[C@H]2CCS(=O)(=O)C2)o1)c1ccc(Cl)s1. The molecule has 0 bridgehead atoms. The average Bonchev–Trinajstić information content (AvgIpc) is 3.18. The van der Waals surface area contributed by atoms with Crippen LogP contribution in [0.3, 0.4) is 0 Å². The van der Waals surface area contributed by atoms with Crippen molar-refractivity contribution in [2.45, 2.75) is 18.1 Å². The maximum Gasteiger partial charge on any atom is 0.277 e. The van der Waals surface area contributed by atoms with Crippen LogP contribution >= 0.6 is 34.7 Å². The highest BCUT2D eigenvalue weighted by Crippen LogP contribution is 2.26. The second-order valence-corrected chi connectivity index (χ2v) is 10.1. The Balaban J connectivity index is 1.52. The largest absolute Gasteiger partial charge is 0.416 e. The van der Waals surface area contributed by atoms with E-state index in [1.165, 1.54) is 23.1 Å². The Morgan fingerprint density at radius 2 is 2.26 bits per heavy atom. The molecule has 1 saturated heterocycles. The molecule has 6 nitrogen and oxygen atoms in total. The van der Waals surface area contributed by atoms with Crippen molar-refractivity contribution in [3.05, 3.63) is 27.2 Å². The van der Waals surface area contributed by atoms with Gasteiger partial charge in [-0.2, -0.15) is 0 Å². The number of aromatic nitrogens is 2. The first-order valence-corrected chi connectivity index (χ1v) is 10.9. The number of nitrogens with zero attached hydrogens (tertiary/aromatic N) is 2. The van der Waals surface area contributed by atoms with E-state index >= 15 is 0 Å². The van der Waals surface area contributed by atoms with Crippen molar-refractivity contribution in [1.82, 2.24) is 10.2 Å². The fourth-order valence-electron chi connectivity index (χ4n) is 2.32. The molecule has 0 amide bonds. The van der Waals surface area contributed by atoms with Gasteiger partial charge in [-0.25, -0.2) is 8.42 Å². The molecule has 1 fully saturated rings. The van der Waals surface area contributed by atoms with Crippen LogP contribution in [-0.4, -0.2) is 41.7 Å². The Bertz CT molecular complexity index is 815. The summed E-state index contributed by atoms with van der Waals surface area (Å²) in [5, 5.41) is 8.12. The first-order chi connectivity index (χ1) is 10.9. The molecule has 1 aliphatic rings. The lowest BCUT2D eigenvalue weighted by Gasteiger charge is -2.01. The number of Topliss-reactive ketones (excluding diaryl/α,β-unsaturated/α-hetero) is 1. The zero-order valence-electron chi connectivity index (χ0n) is 11.9. The monoisotopic (exact) mass is 392 g/mol. The first kappa shape index (κ1) is 16.9. The molecule has 0 radical (unpaired) electrons. The summed E-state index contributed by atoms with van der Waals surface area (Å²) >= 11 is 8.20. The molecule has 3 heterocycles. The summed E-state index contributed by atoms with van der Waals surface area (Å²) in [4.78, 5) is 12.6. The predicted molar refractivity (Wildman–Crippen MR) is 89.1 cm³/mol. The highest BCUT2D eigenvalue weighted by atomic mass is 35.5. The molecule has 0 aromatic carbocycles. The van der Waals surface area contributed by atoms with Gasteiger partial charge in [0.15, 0.2) is 15.6 Å². The van der Waals surface area contributed by atoms with Crippen LogP contribution in [-0.2, 0) is 16.3 Å². The van der Waals surface area contributed by atoms with Gasteiger partial charge in [-0.15, -0.1) is 21.5 Å². The van der Waals surface area contributed by atoms with Gasteiger partial charge in [0.1, 0.15) is 0 Å². The van der Waals surface area contributed by atoms with E-state index in [2.05, 4.69) is 10.2 Å². The molecule has 2 aromatic heterocycles. The van der Waals surface area contributed by atoms with Gasteiger partial charge in [0.25, 0.3) is 5.22 Å². The fraction of sp³-hybridized carbons (Fsp3) is 0.462. The molecule has 0 saturated carbocycles. The van der Waals surface area contributed by atoms with E-state index in [4.69, 9.17) is 16.0 Å². The molecule has 10 heteroatoms. The van der Waals surface area contributed by atoms with Crippen LogP contribution in [0.15, 0.2) is 21.8 Å². The lowest BCUT2D eigenvalue weighted by Crippen LogP contribution is -2.07. The second-order valence-electron chi connectivity index (χ2n) is 5.25. The molecule has 0 unspecified atom stereocenters. The third kappa shape index (κ3) is 4.56. The van der Waals surface area contributed by atoms with Crippen molar-refractivity contribution < 1.29 is 17.6 Å². The number of ketones is 1. The van der Waals surface area contributed by atoms with Gasteiger partial charge in [-0.1, -0.05) is 23.4 Å². The maximum atomic E-state index is 12.0. The van der Waals surface area contributed by atoms with Crippen molar-refractivity contribution >= 4 is 50.3 Å². The zero-order valence-corrected chi connectivity index (χ0v) is 15.1. The standard InChI is InChI=1S/C13H13ClN2O4S3/c14-11-2-1-10(22-11)9(17)6-21-13-16-15-12(20-13)5-8-3-4-23(18,19)7-8/h1-2,8H,3-7H2/t8-/m1/s1. The van der Waals surface area contributed by atoms with Crippen LogP contribution in [0.4, 0.5) is 0 Å². The Kier molecular flexibility index (Phi) is 5.10. The molecule has 0 N–H and O–H groups in total. The van der Waals surface area contributed by atoms with Crippen LogP contribution < -0.4 is 0 Å². The normalized spacial score (nSPS) is 20.0. The summed E-state index contributed by atoms with van der Waals surface area (Å²) in [6, 6.07) is 3.38. The minimum Gasteiger partial charge on any atom is -0.416 e. The number of carbonyl (C=O) groups is 1. The average molecular weight is 393 g/mol. The van der Waals surface area contributed by atoms with Crippen LogP contribution in [0, 0.1) is 5.92 Å². The number of thioether (sulfide) groups is 1. The van der Waals surface area contributed by atoms with Crippen molar-refractivity contribution in [2.24, 2.45) is 5.92 Å². The quantitative estimate of drug-likeness (QED) is 0.551. The summed E-state index contributed by atoms with van der Waals surface area (Å²) in [6.45, 7) is 0. The molecule has 2 aromatic rings. The zero-order chi connectivity index (χ0) is 16.4. The van der Waals surface area contributed by atoms with Crippen molar-refractivity contribution in [3.63, 3.8) is 0 Å². The number of rotatable bonds is 6. The van der Waals surface area contributed by atoms with Gasteiger partial charge in [-0.3, -0.25) is 4.79 Å². The molecule has 23 heavy (non-hydrogen) atoms. The topological polar surface area (TPSA) is 90.1 Å². The Labute approximate surface area is 146 Å². The van der Waals surface area contributed by atoms with E-state index in [-0.39, 0.29) is 29.0 Å². The molecule has 0 aliphatic carbocycles. The highest BCUT2D eigenvalue weighted by molar-refractivity contribution is 7.99. The second kappa shape index (κ2) is 6.92. The molecule has 1 aliphatic heterocycles. The number of hydrogen-bond donors (Lipinski definition) is 0. The van der Waals surface area contributed by atoms with Gasteiger partial charge in [0, 0.05) is 6.42 Å². The van der Waals surface area contributed by atoms with Crippen molar-refractivity contribution in [3.8, 4) is 0 Å². The van der Waals surface area contributed by atoms with Crippen molar-refractivity contribution in [1.29, 1.82) is 0 Å². The van der Waals surface area contributed by atoms with E-state index in [0.717, 1.165) is 0 Å². The van der Waals surface area contributed by atoms with Gasteiger partial charge in [-0.05, 0) is 24.5 Å². The minimum absolute atomic E-state index is 0.0354. The Hall–Kier alpha value is -0.900. The molecule has 1 atom stereocenters. The van der Waals surface area contributed by atoms with E-state index in [9.17, 15) is 13.2 Å². The van der Waals surface area contributed by atoms with Gasteiger partial charge < -0.3 is 4.42 Å². The van der Waals surface area contributed by atoms with Crippen LogP contribution in [0.25, 0.3) is 0 Å². The van der Waals surface area contributed by atoms with Crippen LogP contribution in [0.2, 0.25) is 4.34 Å². The van der Waals surface area contributed by atoms with Crippen LogP contribution in [0.5, 0.6) is 0 Å². The smallest absolute Gasteiger partial charge is 0.277 e. The lowest BCUT2D eigenvalue weighted by molar-refractivity contribution is 0.102. The third-order valence-electron chi connectivity index (χ3n) is 3.41. The van der Waals surface area contributed by atoms with E-state index in [1.807, 2.05) is 0 Å². The number of thiophene rings is 1. The summed E-state index contributed by atoms with van der Waals surface area (Å²) in [5.74, 6) is 1.000. The van der Waals surface area contributed by atoms with Crippen molar-refractivity contribution in [2.75, 3.05) is 17.3 Å². The molecular weight excluding hydrogens is 380 g/mol. The third-order valence-corrected chi connectivity index (χ3v) is 7.34. The predicted octanol–water partition coefficient (Wildman–Crippen LogP) is 2.74. The number of carbonyl (C=O) groups excluding carboxylic acids is 1. The molecule has 124 valence electrons. The molecule has 0 spiro atoms. The minimum atomic E-state index is -2.91. The molecular formula is C13H13ClN2O4S3. The summed E-state index contributed by atoms with van der Waals surface area (Å²) in [5.41, 5.74) is 0. The van der Waals surface area contributed by atoms with E-state index < -0.39 is 9.84 Å². The summed E-state index contributed by atoms with van der Waals surface area (Å²) < 4.78 is 28.9. The number of hydrogen-bond acceptors (Lipinski definition) is 8. The highest BCUT2D eigenvalue weighted by Gasteiger charge is 2.29. The summed E-state index contributed by atoms with van der Waals surface area (Å²) in [7, 11) is -2.91. The maximum absolute atomic E-state index is 12.0. The van der Waals surface area contributed by atoms with Crippen LogP contribution in [0.1, 0.15) is 22.0 Å². The molecule has 3 rings (SSSR count). The first-order valence-electron chi connectivity index (χ1n) is 6.85. The summed E-state index contributed by atoms with van der Waals surface area (Å²) in [6.07, 6.45) is 1.09. The van der Waals surface area contributed by atoms with Gasteiger partial charge in [0.05, 0.1) is 26.5 Å². The lowest BCUT2D eigenvalue weighted by atomic mass is 10.1. The number of halogens is 1. The Morgan fingerprint density at radius 3 is 2.91 bits per heavy atom. The number of sulfone groups is 1. The van der Waals surface area contributed by atoms with E-state index in [1.54, 1.807) is 12.1 Å².